The summed E-state index contributed by atoms with van der Waals surface area (Å²) in [4.78, 5) is 14.4. The van der Waals surface area contributed by atoms with Crippen LogP contribution >= 0.6 is 0 Å². The van der Waals surface area contributed by atoms with Gasteiger partial charge in [0.2, 0.25) is 5.91 Å². The van der Waals surface area contributed by atoms with Crippen molar-refractivity contribution in [1.29, 1.82) is 0 Å². The molecule has 0 radical (unpaired) electrons. The zero-order valence-corrected chi connectivity index (χ0v) is 11.5. The molecule has 0 aromatic heterocycles. The third-order valence-corrected chi connectivity index (χ3v) is 3.44. The van der Waals surface area contributed by atoms with Crippen LogP contribution in [0.4, 0.5) is 0 Å². The maximum Gasteiger partial charge on any atom is 0.243 e. The fourth-order valence-corrected chi connectivity index (χ4v) is 2.28. The standard InChI is InChI=1S/C13H26N2O/c1-7-13(6)12(16)15(8-9(2)3)11(14-13)10(4)5/h9-11,14H,7-8H2,1-6H3. The minimum atomic E-state index is -0.357. The largest absolute Gasteiger partial charge is 0.325 e. The van der Waals surface area contributed by atoms with Gasteiger partial charge in [0, 0.05) is 6.54 Å². The van der Waals surface area contributed by atoms with Gasteiger partial charge >= 0.3 is 0 Å². The molecule has 1 aliphatic rings. The number of hydrogen-bond acceptors (Lipinski definition) is 2. The van der Waals surface area contributed by atoms with E-state index in [0.29, 0.717) is 11.8 Å². The molecule has 3 nitrogen and oxygen atoms in total. The molecule has 0 saturated carbocycles. The lowest BCUT2D eigenvalue weighted by Gasteiger charge is -2.28. The summed E-state index contributed by atoms with van der Waals surface area (Å²) in [5, 5.41) is 3.50. The maximum atomic E-state index is 12.4. The Bertz CT molecular complexity index is 263. The van der Waals surface area contributed by atoms with E-state index >= 15 is 0 Å². The van der Waals surface area contributed by atoms with Crippen molar-refractivity contribution < 1.29 is 4.79 Å². The zero-order chi connectivity index (χ0) is 12.5. The highest BCUT2D eigenvalue weighted by molar-refractivity contribution is 5.88. The van der Waals surface area contributed by atoms with Gasteiger partial charge in [0.05, 0.1) is 11.7 Å². The molecule has 1 saturated heterocycles. The third-order valence-electron chi connectivity index (χ3n) is 3.44. The van der Waals surface area contributed by atoms with E-state index in [0.717, 1.165) is 13.0 Å². The third kappa shape index (κ3) is 2.40. The minimum Gasteiger partial charge on any atom is -0.325 e. The highest BCUT2D eigenvalue weighted by Crippen LogP contribution is 2.27. The molecule has 0 bridgehead atoms. The van der Waals surface area contributed by atoms with Crippen LogP contribution < -0.4 is 5.32 Å². The predicted molar refractivity (Wildman–Crippen MR) is 67.0 cm³/mol. The molecule has 1 aliphatic heterocycles. The monoisotopic (exact) mass is 226 g/mol. The molecule has 1 rings (SSSR count). The van der Waals surface area contributed by atoms with E-state index in [1.807, 2.05) is 11.8 Å². The number of nitrogens with zero attached hydrogens (tertiary/aromatic N) is 1. The summed E-state index contributed by atoms with van der Waals surface area (Å²) < 4.78 is 0. The first-order valence-corrected chi connectivity index (χ1v) is 6.40. The number of hydrogen-bond donors (Lipinski definition) is 1. The van der Waals surface area contributed by atoms with E-state index in [1.54, 1.807) is 0 Å². The second-order valence-corrected chi connectivity index (χ2v) is 5.87. The lowest BCUT2D eigenvalue weighted by molar-refractivity contribution is -0.133. The van der Waals surface area contributed by atoms with Crippen LogP contribution in [0.25, 0.3) is 0 Å². The molecule has 1 amide bonds. The summed E-state index contributed by atoms with van der Waals surface area (Å²) in [5.74, 6) is 1.24. The van der Waals surface area contributed by atoms with Crippen LogP contribution in [0, 0.1) is 11.8 Å². The van der Waals surface area contributed by atoms with Gasteiger partial charge in [-0.15, -0.1) is 0 Å². The van der Waals surface area contributed by atoms with Gasteiger partial charge in [-0.3, -0.25) is 10.1 Å². The quantitative estimate of drug-likeness (QED) is 0.797. The predicted octanol–water partition coefficient (Wildman–Crippen LogP) is 2.22. The van der Waals surface area contributed by atoms with Crippen LogP contribution in [-0.2, 0) is 4.79 Å². The number of amides is 1. The SMILES string of the molecule is CCC1(C)NC(C(C)C)N(CC(C)C)C1=O. The molecule has 2 unspecified atom stereocenters. The maximum absolute atomic E-state index is 12.4. The molecule has 3 heteroatoms. The van der Waals surface area contributed by atoms with Crippen LogP contribution in [0.1, 0.15) is 48.0 Å². The van der Waals surface area contributed by atoms with E-state index in [2.05, 4.69) is 39.9 Å². The first-order chi connectivity index (χ1) is 7.31. The van der Waals surface area contributed by atoms with Gasteiger partial charge in [-0.2, -0.15) is 0 Å². The van der Waals surface area contributed by atoms with Crippen molar-refractivity contribution in [1.82, 2.24) is 10.2 Å². The lowest BCUT2D eigenvalue weighted by Crippen LogP contribution is -2.45. The molecular formula is C13H26N2O. The average molecular weight is 226 g/mol. The van der Waals surface area contributed by atoms with Gasteiger partial charge in [0.15, 0.2) is 0 Å². The fraction of sp³-hybridized carbons (Fsp3) is 0.923. The number of carbonyl (C=O) groups excluding carboxylic acids is 1. The Balaban J connectivity index is 2.89. The Morgan fingerprint density at radius 2 is 1.94 bits per heavy atom. The smallest absolute Gasteiger partial charge is 0.243 e. The van der Waals surface area contributed by atoms with Crippen molar-refractivity contribution >= 4 is 5.91 Å². The van der Waals surface area contributed by atoms with E-state index in [-0.39, 0.29) is 17.6 Å². The first-order valence-electron chi connectivity index (χ1n) is 6.40. The van der Waals surface area contributed by atoms with Crippen molar-refractivity contribution in [2.45, 2.75) is 59.7 Å². The van der Waals surface area contributed by atoms with Crippen molar-refractivity contribution in [3.63, 3.8) is 0 Å². The van der Waals surface area contributed by atoms with Crippen molar-refractivity contribution in [2.75, 3.05) is 6.54 Å². The van der Waals surface area contributed by atoms with Crippen molar-refractivity contribution in [3.05, 3.63) is 0 Å². The minimum absolute atomic E-state index is 0.194. The van der Waals surface area contributed by atoms with Crippen LogP contribution in [0.5, 0.6) is 0 Å². The van der Waals surface area contributed by atoms with E-state index in [4.69, 9.17) is 0 Å². The van der Waals surface area contributed by atoms with Crippen LogP contribution in [0.2, 0.25) is 0 Å². The topological polar surface area (TPSA) is 32.3 Å². The Hall–Kier alpha value is -0.570. The van der Waals surface area contributed by atoms with Gasteiger partial charge in [0.1, 0.15) is 0 Å². The van der Waals surface area contributed by atoms with Gasteiger partial charge in [-0.05, 0) is 25.2 Å². The zero-order valence-electron chi connectivity index (χ0n) is 11.5. The summed E-state index contributed by atoms with van der Waals surface area (Å²) in [6.45, 7) is 13.6. The molecule has 0 spiro atoms. The normalized spacial score (nSPS) is 30.9. The van der Waals surface area contributed by atoms with Gasteiger partial charge < -0.3 is 4.90 Å². The number of carbonyl (C=O) groups is 1. The molecule has 2 atom stereocenters. The molecule has 0 aromatic carbocycles. The van der Waals surface area contributed by atoms with Crippen molar-refractivity contribution in [3.8, 4) is 0 Å². The molecule has 16 heavy (non-hydrogen) atoms. The lowest BCUT2D eigenvalue weighted by atomic mass is 9.99. The second kappa shape index (κ2) is 4.74. The van der Waals surface area contributed by atoms with Gasteiger partial charge in [-0.1, -0.05) is 34.6 Å². The van der Waals surface area contributed by atoms with E-state index in [1.165, 1.54) is 0 Å². The fourth-order valence-electron chi connectivity index (χ4n) is 2.28. The van der Waals surface area contributed by atoms with E-state index < -0.39 is 0 Å². The first kappa shape index (κ1) is 13.5. The summed E-state index contributed by atoms with van der Waals surface area (Å²) in [5.41, 5.74) is -0.357. The highest BCUT2D eigenvalue weighted by Gasteiger charge is 2.47. The molecule has 1 fully saturated rings. The van der Waals surface area contributed by atoms with E-state index in [9.17, 15) is 4.79 Å². The van der Waals surface area contributed by atoms with Crippen LogP contribution in [-0.4, -0.2) is 29.1 Å². The Morgan fingerprint density at radius 3 is 2.31 bits per heavy atom. The second-order valence-electron chi connectivity index (χ2n) is 5.87. The highest BCUT2D eigenvalue weighted by atomic mass is 16.2. The molecular weight excluding hydrogens is 200 g/mol. The van der Waals surface area contributed by atoms with Crippen molar-refractivity contribution in [2.24, 2.45) is 11.8 Å². The molecule has 0 aromatic rings. The summed E-state index contributed by atoms with van der Waals surface area (Å²) in [6, 6.07) is 0. The molecule has 1 N–H and O–H groups in total. The summed E-state index contributed by atoms with van der Waals surface area (Å²) >= 11 is 0. The van der Waals surface area contributed by atoms with Crippen LogP contribution in [0.3, 0.4) is 0 Å². The summed E-state index contributed by atoms with van der Waals surface area (Å²) in [6.07, 6.45) is 1.05. The van der Waals surface area contributed by atoms with Gasteiger partial charge in [0.25, 0.3) is 0 Å². The Labute approximate surface area is 99.6 Å². The molecule has 0 aliphatic carbocycles. The number of nitrogens with one attached hydrogen (secondary N) is 1. The number of rotatable bonds is 4. The summed E-state index contributed by atoms with van der Waals surface area (Å²) in [7, 11) is 0. The molecule has 94 valence electrons. The van der Waals surface area contributed by atoms with Crippen LogP contribution in [0.15, 0.2) is 0 Å². The molecule has 1 heterocycles. The van der Waals surface area contributed by atoms with Gasteiger partial charge in [-0.25, -0.2) is 0 Å². The average Bonchev–Trinajstić information content (AvgIpc) is 2.43. The Morgan fingerprint density at radius 1 is 1.38 bits per heavy atom. The Kier molecular flexibility index (Phi) is 4.00.